The molecular formula is C27H34Cl2N4O4. The molecule has 1 aromatic carbocycles. The number of hydrogen-bond donors (Lipinski definition) is 2. The van der Waals surface area contributed by atoms with Crippen molar-refractivity contribution in [3.63, 3.8) is 0 Å². The molecule has 2 N–H and O–H groups in total. The number of aryl methyl sites for hydroxylation is 2. The van der Waals surface area contributed by atoms with Gasteiger partial charge >= 0.3 is 0 Å². The summed E-state index contributed by atoms with van der Waals surface area (Å²) >= 11 is 13.6. The van der Waals surface area contributed by atoms with Gasteiger partial charge in [0.15, 0.2) is 5.82 Å². The summed E-state index contributed by atoms with van der Waals surface area (Å²) in [5.41, 5.74) is 3.38. The second kappa shape index (κ2) is 12.1. The maximum Gasteiger partial charge on any atom is 0.161 e. The van der Waals surface area contributed by atoms with E-state index in [0.29, 0.717) is 63.2 Å². The number of nitrogens with zero attached hydrogens (tertiary/aromatic N) is 3. The second-order valence-electron chi connectivity index (χ2n) is 9.82. The average molecular weight is 549 g/mol. The normalized spacial score (nSPS) is 20.7. The summed E-state index contributed by atoms with van der Waals surface area (Å²) in [5, 5.41) is 18.0. The largest absolute Gasteiger partial charge is 0.491 e. The molecule has 2 aromatic heterocycles. The molecule has 0 amide bonds. The van der Waals surface area contributed by atoms with Crippen molar-refractivity contribution in [2.24, 2.45) is 5.92 Å². The zero-order chi connectivity index (χ0) is 26.7. The number of halogens is 2. The number of nitrogens with one attached hydrogen (secondary N) is 1. The SMILES string of the molecule is CNC[C@@H](O)COc1ccc(Cl)c(-c2nc(CC3C[C@@H](C)O[C@@H](C)C3)c(Cl)c(-c3c(C)noc3C)n2)c1. The molecule has 1 aliphatic heterocycles. The Kier molecular flexibility index (Phi) is 9.08. The van der Waals surface area contributed by atoms with Gasteiger partial charge in [0, 0.05) is 12.1 Å². The van der Waals surface area contributed by atoms with Crippen LogP contribution in [0.5, 0.6) is 5.75 Å². The Morgan fingerprint density at radius 1 is 1.16 bits per heavy atom. The topological polar surface area (TPSA) is 103 Å². The summed E-state index contributed by atoms with van der Waals surface area (Å²) in [6.45, 7) is 8.47. The van der Waals surface area contributed by atoms with Crippen molar-refractivity contribution in [2.75, 3.05) is 20.2 Å². The van der Waals surface area contributed by atoms with E-state index in [1.165, 1.54) is 0 Å². The molecule has 0 spiro atoms. The molecule has 1 fully saturated rings. The fourth-order valence-electron chi connectivity index (χ4n) is 4.97. The van der Waals surface area contributed by atoms with Crippen molar-refractivity contribution < 1.29 is 19.1 Å². The smallest absolute Gasteiger partial charge is 0.161 e. The first kappa shape index (κ1) is 27.8. The molecule has 0 aliphatic carbocycles. The number of aliphatic hydroxyl groups excluding tert-OH is 1. The Hall–Kier alpha value is -2.23. The van der Waals surface area contributed by atoms with Gasteiger partial charge in [-0.3, -0.25) is 0 Å². The van der Waals surface area contributed by atoms with E-state index < -0.39 is 6.10 Å². The maximum atomic E-state index is 10.0. The number of likely N-dealkylation sites (N-methyl/N-ethyl adjacent to an activating group) is 1. The van der Waals surface area contributed by atoms with E-state index in [2.05, 4.69) is 24.3 Å². The number of ether oxygens (including phenoxy) is 2. The van der Waals surface area contributed by atoms with Gasteiger partial charge in [-0.05, 0) is 78.1 Å². The van der Waals surface area contributed by atoms with Crippen LogP contribution in [0.4, 0.5) is 0 Å². The van der Waals surface area contributed by atoms with E-state index in [4.69, 9.17) is 47.2 Å². The van der Waals surface area contributed by atoms with E-state index >= 15 is 0 Å². The van der Waals surface area contributed by atoms with Gasteiger partial charge in [-0.25, -0.2) is 9.97 Å². The summed E-state index contributed by atoms with van der Waals surface area (Å²) in [6, 6.07) is 5.29. The standard InChI is InChI=1S/C27H34Cl2N4O4/c1-14-8-18(9-15(2)36-14)10-23-25(29)26(24-16(3)33-37-17(24)4)32-27(31-23)21-11-20(6-7-22(21)28)35-13-19(34)12-30-5/h6-7,11,14-15,18-19,30,34H,8-10,12-13H2,1-5H3/t14-,15+,18?,19-/m1/s1. The second-order valence-corrected chi connectivity index (χ2v) is 10.6. The predicted molar refractivity (Wildman–Crippen MR) is 144 cm³/mol. The molecule has 3 aromatic rings. The fraction of sp³-hybridized carbons (Fsp3) is 0.519. The zero-order valence-corrected chi connectivity index (χ0v) is 23.4. The molecule has 0 bridgehead atoms. The molecule has 8 nitrogen and oxygen atoms in total. The van der Waals surface area contributed by atoms with Crippen LogP contribution < -0.4 is 10.1 Å². The third-order valence-electron chi connectivity index (χ3n) is 6.53. The summed E-state index contributed by atoms with van der Waals surface area (Å²) in [6.07, 6.45) is 2.26. The lowest BCUT2D eigenvalue weighted by molar-refractivity contribution is -0.0519. The molecule has 200 valence electrons. The van der Waals surface area contributed by atoms with Crippen LogP contribution in [-0.4, -0.2) is 58.7 Å². The Bertz CT molecular complexity index is 1210. The third-order valence-corrected chi connectivity index (χ3v) is 7.25. The van der Waals surface area contributed by atoms with E-state index in [1.54, 1.807) is 25.2 Å². The van der Waals surface area contributed by atoms with Gasteiger partial charge in [-0.2, -0.15) is 0 Å². The summed E-state index contributed by atoms with van der Waals surface area (Å²) < 4.78 is 17.2. The Balaban J connectivity index is 1.76. The first-order chi connectivity index (χ1) is 17.7. The van der Waals surface area contributed by atoms with Crippen LogP contribution in [0.2, 0.25) is 10.0 Å². The first-order valence-corrected chi connectivity index (χ1v) is 13.3. The van der Waals surface area contributed by atoms with Gasteiger partial charge in [0.25, 0.3) is 0 Å². The zero-order valence-electron chi connectivity index (χ0n) is 21.8. The lowest BCUT2D eigenvalue weighted by Gasteiger charge is -2.32. The minimum Gasteiger partial charge on any atom is -0.491 e. The maximum absolute atomic E-state index is 10.0. The number of aliphatic hydroxyl groups is 1. The van der Waals surface area contributed by atoms with Crippen molar-refractivity contribution in [3.8, 4) is 28.4 Å². The quantitative estimate of drug-likeness (QED) is 0.365. The van der Waals surface area contributed by atoms with Crippen LogP contribution in [0.1, 0.15) is 43.8 Å². The Morgan fingerprint density at radius 2 is 1.89 bits per heavy atom. The molecule has 37 heavy (non-hydrogen) atoms. The molecule has 4 rings (SSSR count). The molecule has 0 radical (unpaired) electrons. The lowest BCUT2D eigenvalue weighted by atomic mass is 9.88. The van der Waals surface area contributed by atoms with Crippen molar-refractivity contribution >= 4 is 23.2 Å². The number of hydrogen-bond acceptors (Lipinski definition) is 8. The molecule has 1 unspecified atom stereocenters. The summed E-state index contributed by atoms with van der Waals surface area (Å²) in [7, 11) is 1.78. The molecule has 0 saturated carbocycles. The van der Waals surface area contributed by atoms with E-state index in [0.717, 1.165) is 24.1 Å². The fourth-order valence-corrected chi connectivity index (χ4v) is 5.43. The monoisotopic (exact) mass is 548 g/mol. The van der Waals surface area contributed by atoms with Crippen LogP contribution >= 0.6 is 23.2 Å². The highest BCUT2D eigenvalue weighted by Crippen LogP contribution is 2.38. The van der Waals surface area contributed by atoms with Gasteiger partial charge in [0.2, 0.25) is 0 Å². The van der Waals surface area contributed by atoms with E-state index in [-0.39, 0.29) is 18.8 Å². The van der Waals surface area contributed by atoms with Gasteiger partial charge in [-0.15, -0.1) is 0 Å². The number of benzene rings is 1. The number of rotatable bonds is 9. The van der Waals surface area contributed by atoms with Crippen molar-refractivity contribution in [1.82, 2.24) is 20.4 Å². The molecule has 1 aliphatic rings. The molecular weight excluding hydrogens is 515 g/mol. The van der Waals surface area contributed by atoms with Crippen molar-refractivity contribution in [1.29, 1.82) is 0 Å². The van der Waals surface area contributed by atoms with E-state index in [1.807, 2.05) is 13.8 Å². The minimum atomic E-state index is -0.641. The first-order valence-electron chi connectivity index (χ1n) is 12.6. The van der Waals surface area contributed by atoms with Gasteiger partial charge in [0.1, 0.15) is 24.2 Å². The van der Waals surface area contributed by atoms with Crippen molar-refractivity contribution in [3.05, 3.63) is 45.4 Å². The van der Waals surface area contributed by atoms with E-state index in [9.17, 15) is 5.11 Å². The van der Waals surface area contributed by atoms with Crippen LogP contribution in [-0.2, 0) is 11.2 Å². The van der Waals surface area contributed by atoms with Gasteiger partial charge in [-0.1, -0.05) is 28.4 Å². The highest BCUT2D eigenvalue weighted by atomic mass is 35.5. The third kappa shape index (κ3) is 6.62. The minimum absolute atomic E-state index is 0.138. The molecule has 10 heteroatoms. The molecule has 3 heterocycles. The summed E-state index contributed by atoms with van der Waals surface area (Å²) in [4.78, 5) is 9.76. The van der Waals surface area contributed by atoms with Crippen LogP contribution in [0.15, 0.2) is 22.7 Å². The Labute approximate surface area is 227 Å². The van der Waals surface area contributed by atoms with Gasteiger partial charge in [0.05, 0.1) is 44.9 Å². The molecule has 4 atom stereocenters. The van der Waals surface area contributed by atoms with Crippen LogP contribution in [0, 0.1) is 19.8 Å². The molecule has 1 saturated heterocycles. The van der Waals surface area contributed by atoms with Crippen molar-refractivity contribution in [2.45, 2.75) is 65.3 Å². The van der Waals surface area contributed by atoms with Crippen LogP contribution in [0.3, 0.4) is 0 Å². The number of aromatic nitrogens is 3. The lowest BCUT2D eigenvalue weighted by Crippen LogP contribution is -2.30. The highest BCUT2D eigenvalue weighted by molar-refractivity contribution is 6.34. The summed E-state index contributed by atoms with van der Waals surface area (Å²) in [5.74, 6) is 2.00. The predicted octanol–water partition coefficient (Wildman–Crippen LogP) is 5.43. The van der Waals surface area contributed by atoms with Crippen LogP contribution in [0.25, 0.3) is 22.6 Å². The highest BCUT2D eigenvalue weighted by Gasteiger charge is 2.28. The van der Waals surface area contributed by atoms with Gasteiger partial charge < -0.3 is 24.4 Å². The average Bonchev–Trinajstić information content (AvgIpc) is 3.17. The Morgan fingerprint density at radius 3 is 2.54 bits per heavy atom.